The number of urea groups is 1. The minimum atomic E-state index is -0.0865. The molecule has 0 bridgehead atoms. The van der Waals surface area contributed by atoms with Crippen molar-refractivity contribution in [3.05, 3.63) is 35.4 Å². The molecule has 0 saturated carbocycles. The molecule has 6 heteroatoms. The third kappa shape index (κ3) is 4.02. The van der Waals surface area contributed by atoms with Crippen LogP contribution in [0, 0.1) is 0 Å². The molecule has 6 nitrogen and oxygen atoms in total. The molecule has 0 radical (unpaired) electrons. The summed E-state index contributed by atoms with van der Waals surface area (Å²) < 4.78 is 0. The van der Waals surface area contributed by atoms with Crippen LogP contribution in [0.25, 0.3) is 0 Å². The monoisotopic (exact) mass is 317 g/mol. The topological polar surface area (TPSA) is 68.4 Å². The molecule has 1 aromatic rings. The van der Waals surface area contributed by atoms with Crippen LogP contribution in [0.4, 0.5) is 4.79 Å². The van der Waals surface area contributed by atoms with E-state index >= 15 is 0 Å². The zero-order chi connectivity index (χ0) is 16.2. The largest absolute Gasteiger partial charge is 0.337 e. The molecule has 1 fully saturated rings. The second-order valence-corrected chi connectivity index (χ2v) is 6.59. The van der Waals surface area contributed by atoms with Gasteiger partial charge in [0, 0.05) is 38.3 Å². The standard InChI is InChI=1S/C17H27N5O/c1-12-16(13(2)21-20-12)19-17(23)18-8-10-22-9-7-14-5-3-4-6-15(14)11-22/h3-6,12-13,16,20-21H,7-11H2,1-2H3,(H2,18,19,23). The molecule has 3 rings (SSSR count). The van der Waals surface area contributed by atoms with Crippen molar-refractivity contribution in [3.63, 3.8) is 0 Å². The highest BCUT2D eigenvalue weighted by Gasteiger charge is 2.30. The van der Waals surface area contributed by atoms with Gasteiger partial charge in [0.2, 0.25) is 0 Å². The van der Waals surface area contributed by atoms with Crippen LogP contribution in [0.15, 0.2) is 24.3 Å². The van der Waals surface area contributed by atoms with Crippen LogP contribution in [0.5, 0.6) is 0 Å². The number of nitrogens with one attached hydrogen (secondary N) is 4. The van der Waals surface area contributed by atoms with E-state index < -0.39 is 0 Å². The molecule has 0 aromatic heterocycles. The van der Waals surface area contributed by atoms with E-state index in [9.17, 15) is 4.79 Å². The van der Waals surface area contributed by atoms with Crippen molar-refractivity contribution in [3.8, 4) is 0 Å². The Morgan fingerprint density at radius 1 is 1.22 bits per heavy atom. The first-order chi connectivity index (χ1) is 11.1. The lowest BCUT2D eigenvalue weighted by Crippen LogP contribution is -2.51. The minimum Gasteiger partial charge on any atom is -0.337 e. The van der Waals surface area contributed by atoms with Crippen LogP contribution >= 0.6 is 0 Å². The van der Waals surface area contributed by atoms with Gasteiger partial charge in [0.05, 0.1) is 6.04 Å². The number of carbonyl (C=O) groups excluding carboxylic acids is 1. The van der Waals surface area contributed by atoms with E-state index in [0.717, 1.165) is 26.1 Å². The summed E-state index contributed by atoms with van der Waals surface area (Å²) in [5.41, 5.74) is 9.15. The molecule has 2 aliphatic heterocycles. The molecule has 2 unspecified atom stereocenters. The van der Waals surface area contributed by atoms with Crippen molar-refractivity contribution in [2.24, 2.45) is 0 Å². The van der Waals surface area contributed by atoms with Gasteiger partial charge in [0.15, 0.2) is 0 Å². The molecule has 126 valence electrons. The second-order valence-electron chi connectivity index (χ2n) is 6.59. The maximum absolute atomic E-state index is 12.0. The predicted molar refractivity (Wildman–Crippen MR) is 90.9 cm³/mol. The highest BCUT2D eigenvalue weighted by atomic mass is 16.2. The first kappa shape index (κ1) is 16.2. The summed E-state index contributed by atoms with van der Waals surface area (Å²) in [6.45, 7) is 7.71. The summed E-state index contributed by atoms with van der Waals surface area (Å²) in [6.07, 6.45) is 1.09. The molecule has 0 aliphatic carbocycles. The van der Waals surface area contributed by atoms with E-state index in [1.165, 1.54) is 11.1 Å². The van der Waals surface area contributed by atoms with Gasteiger partial charge in [-0.1, -0.05) is 24.3 Å². The number of benzene rings is 1. The lowest BCUT2D eigenvalue weighted by atomic mass is 10.00. The zero-order valence-electron chi connectivity index (χ0n) is 13.9. The fourth-order valence-electron chi connectivity index (χ4n) is 3.40. The molecule has 23 heavy (non-hydrogen) atoms. The molecule has 1 aromatic carbocycles. The van der Waals surface area contributed by atoms with E-state index in [2.05, 4.69) is 64.5 Å². The highest BCUT2D eigenvalue weighted by Crippen LogP contribution is 2.17. The number of hydrogen-bond donors (Lipinski definition) is 4. The van der Waals surface area contributed by atoms with Crippen LogP contribution in [0.1, 0.15) is 25.0 Å². The third-order valence-corrected chi connectivity index (χ3v) is 4.84. The maximum atomic E-state index is 12.0. The smallest absolute Gasteiger partial charge is 0.315 e. The summed E-state index contributed by atoms with van der Waals surface area (Å²) in [6, 6.07) is 9.10. The van der Waals surface area contributed by atoms with Crippen LogP contribution in [0.3, 0.4) is 0 Å². The molecule has 2 amide bonds. The van der Waals surface area contributed by atoms with Gasteiger partial charge in [-0.3, -0.25) is 15.8 Å². The number of fused-ring (bicyclic) bond motifs is 1. The van der Waals surface area contributed by atoms with Gasteiger partial charge in [-0.05, 0) is 31.4 Å². The van der Waals surface area contributed by atoms with Crippen molar-refractivity contribution in [2.45, 2.75) is 44.9 Å². The average molecular weight is 317 g/mol. The van der Waals surface area contributed by atoms with Crippen molar-refractivity contribution in [1.82, 2.24) is 26.4 Å². The SMILES string of the molecule is CC1NNC(C)C1NC(=O)NCCN1CCc2ccccc2C1. The van der Waals surface area contributed by atoms with Crippen molar-refractivity contribution in [1.29, 1.82) is 0 Å². The number of nitrogens with zero attached hydrogens (tertiary/aromatic N) is 1. The van der Waals surface area contributed by atoms with Crippen LogP contribution in [0.2, 0.25) is 0 Å². The fourth-order valence-corrected chi connectivity index (χ4v) is 3.40. The van der Waals surface area contributed by atoms with Crippen LogP contribution in [-0.4, -0.2) is 48.7 Å². The van der Waals surface area contributed by atoms with E-state index in [1.54, 1.807) is 0 Å². The van der Waals surface area contributed by atoms with Crippen LogP contribution < -0.4 is 21.5 Å². The molecule has 2 atom stereocenters. The number of hydrogen-bond acceptors (Lipinski definition) is 4. The molecule has 2 aliphatic rings. The summed E-state index contributed by atoms with van der Waals surface area (Å²) in [4.78, 5) is 14.4. The van der Waals surface area contributed by atoms with Gasteiger partial charge >= 0.3 is 6.03 Å². The summed E-state index contributed by atoms with van der Waals surface area (Å²) >= 11 is 0. The first-order valence-corrected chi connectivity index (χ1v) is 8.48. The van der Waals surface area contributed by atoms with Crippen molar-refractivity contribution < 1.29 is 4.79 Å². The predicted octanol–water partition coefficient (Wildman–Crippen LogP) is 0.597. The second kappa shape index (κ2) is 7.29. The van der Waals surface area contributed by atoms with Gasteiger partial charge in [0.1, 0.15) is 0 Å². The molecule has 2 heterocycles. The number of carbonyl (C=O) groups is 1. The molecule has 0 spiro atoms. The van der Waals surface area contributed by atoms with E-state index in [4.69, 9.17) is 0 Å². The quantitative estimate of drug-likeness (QED) is 0.656. The third-order valence-electron chi connectivity index (χ3n) is 4.84. The minimum absolute atomic E-state index is 0.0865. The maximum Gasteiger partial charge on any atom is 0.315 e. The summed E-state index contributed by atoms with van der Waals surface area (Å²) in [5, 5.41) is 6.01. The van der Waals surface area contributed by atoms with Gasteiger partial charge in [-0.2, -0.15) is 0 Å². The zero-order valence-corrected chi connectivity index (χ0v) is 13.9. The molecule has 4 N–H and O–H groups in total. The van der Waals surface area contributed by atoms with Crippen LogP contribution in [-0.2, 0) is 13.0 Å². The Bertz CT molecular complexity index is 540. The van der Waals surface area contributed by atoms with E-state index in [1.807, 2.05) is 0 Å². The molecular weight excluding hydrogens is 290 g/mol. The Labute approximate surface area is 138 Å². The lowest BCUT2D eigenvalue weighted by Gasteiger charge is -2.28. The number of amides is 2. The van der Waals surface area contributed by atoms with Crippen molar-refractivity contribution >= 4 is 6.03 Å². The Hall–Kier alpha value is -1.63. The van der Waals surface area contributed by atoms with Gasteiger partial charge in [-0.15, -0.1) is 0 Å². The summed E-state index contributed by atoms with van der Waals surface area (Å²) in [5.74, 6) is 0. The van der Waals surface area contributed by atoms with Gasteiger partial charge in [-0.25, -0.2) is 4.79 Å². The molecular formula is C17H27N5O. The Morgan fingerprint density at radius 3 is 2.65 bits per heavy atom. The Morgan fingerprint density at radius 2 is 1.91 bits per heavy atom. The van der Waals surface area contributed by atoms with Gasteiger partial charge < -0.3 is 10.6 Å². The normalized spacial score (nSPS) is 27.5. The van der Waals surface area contributed by atoms with Crippen molar-refractivity contribution in [2.75, 3.05) is 19.6 Å². The fraction of sp³-hybridized carbons (Fsp3) is 0.588. The molecule has 1 saturated heterocycles. The first-order valence-electron chi connectivity index (χ1n) is 8.48. The lowest BCUT2D eigenvalue weighted by molar-refractivity contribution is 0.226. The highest BCUT2D eigenvalue weighted by molar-refractivity contribution is 5.74. The number of rotatable bonds is 4. The average Bonchev–Trinajstić information content (AvgIpc) is 2.87. The Kier molecular flexibility index (Phi) is 5.15. The van der Waals surface area contributed by atoms with Gasteiger partial charge in [0.25, 0.3) is 0 Å². The number of hydrazine groups is 1. The van der Waals surface area contributed by atoms with E-state index in [-0.39, 0.29) is 24.2 Å². The summed E-state index contributed by atoms with van der Waals surface area (Å²) in [7, 11) is 0. The Balaban J connectivity index is 1.39. The van der Waals surface area contributed by atoms with E-state index in [0.29, 0.717) is 6.54 Å².